The average molecular weight is 277 g/mol. The highest BCUT2D eigenvalue weighted by molar-refractivity contribution is 5.88. The molecule has 1 aliphatic rings. The highest BCUT2D eigenvalue weighted by Gasteiger charge is 2.23. The molecule has 0 saturated carbocycles. The molecule has 0 aliphatic carbocycles. The lowest BCUT2D eigenvalue weighted by Crippen LogP contribution is -2.50. The molecule has 1 heterocycles. The molecule has 1 fully saturated rings. The van der Waals surface area contributed by atoms with Gasteiger partial charge in [-0.05, 0) is 12.3 Å². The number of hydrogen-bond acceptors (Lipinski definition) is 3. The lowest BCUT2D eigenvalue weighted by Gasteiger charge is -2.34. The molecule has 5 heteroatoms. The van der Waals surface area contributed by atoms with Gasteiger partial charge in [0.05, 0.1) is 6.07 Å². The highest BCUT2D eigenvalue weighted by atomic mass is 16.2. The molecule has 0 bridgehead atoms. The summed E-state index contributed by atoms with van der Waals surface area (Å²) in [6.45, 7) is 10.3. The maximum Gasteiger partial charge on any atom is 0.246 e. The highest BCUT2D eigenvalue weighted by Crippen LogP contribution is 2.24. The van der Waals surface area contributed by atoms with Gasteiger partial charge in [0.2, 0.25) is 11.8 Å². The van der Waals surface area contributed by atoms with Crippen LogP contribution in [0, 0.1) is 16.7 Å². The smallest absolute Gasteiger partial charge is 0.246 e. The number of amides is 2. The van der Waals surface area contributed by atoms with E-state index in [9.17, 15) is 9.59 Å². The van der Waals surface area contributed by atoms with Crippen LogP contribution in [-0.4, -0.2) is 47.8 Å². The van der Waals surface area contributed by atoms with E-state index in [0.717, 1.165) is 5.57 Å². The topological polar surface area (TPSA) is 64.4 Å². The first-order chi connectivity index (χ1) is 9.25. The molecule has 2 amide bonds. The molecule has 0 radical (unpaired) electrons. The van der Waals surface area contributed by atoms with Crippen LogP contribution in [0.3, 0.4) is 0 Å². The Hall–Kier alpha value is -1.83. The zero-order valence-electron chi connectivity index (χ0n) is 12.8. The van der Waals surface area contributed by atoms with Crippen molar-refractivity contribution in [2.45, 2.75) is 34.1 Å². The second kappa shape index (κ2) is 6.56. The van der Waals surface area contributed by atoms with Gasteiger partial charge in [-0.3, -0.25) is 9.59 Å². The van der Waals surface area contributed by atoms with E-state index in [0.29, 0.717) is 26.2 Å². The van der Waals surface area contributed by atoms with Crippen LogP contribution >= 0.6 is 0 Å². The maximum atomic E-state index is 12.2. The van der Waals surface area contributed by atoms with Gasteiger partial charge in [0.1, 0.15) is 6.42 Å². The first-order valence-corrected chi connectivity index (χ1v) is 6.88. The van der Waals surface area contributed by atoms with Crippen molar-refractivity contribution >= 4 is 11.8 Å². The molecule has 0 aromatic heterocycles. The fourth-order valence-corrected chi connectivity index (χ4v) is 1.85. The number of carbonyl (C=O) groups is 2. The number of carbonyl (C=O) groups excluding carboxylic acids is 2. The first-order valence-electron chi connectivity index (χ1n) is 6.88. The van der Waals surface area contributed by atoms with Gasteiger partial charge in [-0.2, -0.15) is 5.26 Å². The van der Waals surface area contributed by atoms with E-state index in [1.807, 2.05) is 13.0 Å². The van der Waals surface area contributed by atoms with Crippen molar-refractivity contribution in [2.75, 3.05) is 26.2 Å². The van der Waals surface area contributed by atoms with Crippen LogP contribution in [0.4, 0.5) is 0 Å². The van der Waals surface area contributed by atoms with Crippen LogP contribution in [0.15, 0.2) is 11.6 Å². The Kier molecular flexibility index (Phi) is 5.32. The van der Waals surface area contributed by atoms with Crippen LogP contribution < -0.4 is 0 Å². The van der Waals surface area contributed by atoms with Crippen molar-refractivity contribution in [3.8, 4) is 6.07 Å². The molecule has 0 atom stereocenters. The third-order valence-corrected chi connectivity index (χ3v) is 3.70. The molecule has 1 rings (SSSR count). The Morgan fingerprint density at radius 3 is 2.10 bits per heavy atom. The van der Waals surface area contributed by atoms with E-state index in [4.69, 9.17) is 5.26 Å². The van der Waals surface area contributed by atoms with E-state index in [1.165, 1.54) is 0 Å². The summed E-state index contributed by atoms with van der Waals surface area (Å²) in [5.74, 6) is -0.147. The number of nitriles is 1. The number of nitrogens with zero attached hydrogens (tertiary/aromatic N) is 3. The summed E-state index contributed by atoms with van der Waals surface area (Å²) in [7, 11) is 0. The third-order valence-electron chi connectivity index (χ3n) is 3.70. The second-order valence-corrected chi connectivity index (χ2v) is 6.12. The summed E-state index contributed by atoms with van der Waals surface area (Å²) in [5, 5.41) is 8.51. The molecule has 1 aliphatic heterocycles. The molecule has 5 nitrogen and oxygen atoms in total. The van der Waals surface area contributed by atoms with Crippen LogP contribution in [0.5, 0.6) is 0 Å². The van der Waals surface area contributed by atoms with Crippen LogP contribution in [0.1, 0.15) is 34.1 Å². The quantitative estimate of drug-likeness (QED) is 0.720. The van der Waals surface area contributed by atoms with Crippen LogP contribution in [0.25, 0.3) is 0 Å². The summed E-state index contributed by atoms with van der Waals surface area (Å²) in [5.41, 5.74) is 1.03. The minimum absolute atomic E-state index is 0.00445. The molecule has 0 unspecified atom stereocenters. The van der Waals surface area contributed by atoms with E-state index < -0.39 is 0 Å². The second-order valence-electron chi connectivity index (χ2n) is 6.12. The van der Waals surface area contributed by atoms with E-state index in [2.05, 4.69) is 20.8 Å². The standard InChI is InChI=1S/C15H23N3O2/c1-12(15(2,3)4)11-14(20)18-9-7-17(8-10-18)13(19)5-6-16/h11H,5,7-10H2,1-4H3/b12-11+. The molecule has 1 saturated heterocycles. The Morgan fingerprint density at radius 2 is 1.65 bits per heavy atom. The molecule has 20 heavy (non-hydrogen) atoms. The Bertz CT molecular complexity index is 447. The predicted molar refractivity (Wildman–Crippen MR) is 76.6 cm³/mol. The average Bonchev–Trinajstić information content (AvgIpc) is 2.38. The number of allylic oxidation sites excluding steroid dienone is 1. The first kappa shape index (κ1) is 16.2. The summed E-state index contributed by atoms with van der Waals surface area (Å²) >= 11 is 0. The van der Waals surface area contributed by atoms with Crippen molar-refractivity contribution in [1.82, 2.24) is 9.80 Å². The number of rotatable bonds is 2. The van der Waals surface area contributed by atoms with Crippen molar-refractivity contribution < 1.29 is 9.59 Å². The minimum Gasteiger partial charge on any atom is -0.338 e. The minimum atomic E-state index is -0.152. The zero-order valence-corrected chi connectivity index (χ0v) is 12.8. The maximum absolute atomic E-state index is 12.2. The third kappa shape index (κ3) is 4.37. The van der Waals surface area contributed by atoms with Gasteiger partial charge in [-0.1, -0.05) is 26.3 Å². The zero-order chi connectivity index (χ0) is 15.3. The van der Waals surface area contributed by atoms with Gasteiger partial charge in [0.15, 0.2) is 0 Å². The molecule has 0 aromatic carbocycles. The number of piperazine rings is 1. The van der Waals surface area contributed by atoms with Gasteiger partial charge in [-0.25, -0.2) is 0 Å². The van der Waals surface area contributed by atoms with Gasteiger partial charge < -0.3 is 9.80 Å². The predicted octanol–water partition coefficient (Wildman–Crippen LogP) is 1.56. The summed E-state index contributed by atoms with van der Waals surface area (Å²) < 4.78 is 0. The van der Waals surface area contributed by atoms with Gasteiger partial charge >= 0.3 is 0 Å². The van der Waals surface area contributed by atoms with E-state index >= 15 is 0 Å². The van der Waals surface area contributed by atoms with E-state index in [1.54, 1.807) is 15.9 Å². The van der Waals surface area contributed by atoms with Gasteiger partial charge in [0.25, 0.3) is 0 Å². The van der Waals surface area contributed by atoms with Crippen molar-refractivity contribution in [2.24, 2.45) is 5.41 Å². The largest absolute Gasteiger partial charge is 0.338 e. The fourth-order valence-electron chi connectivity index (χ4n) is 1.85. The van der Waals surface area contributed by atoms with Gasteiger partial charge in [-0.15, -0.1) is 0 Å². The monoisotopic (exact) mass is 277 g/mol. The number of hydrogen-bond donors (Lipinski definition) is 0. The van der Waals surface area contributed by atoms with E-state index in [-0.39, 0.29) is 23.7 Å². The lowest BCUT2D eigenvalue weighted by molar-refractivity contribution is -0.136. The summed E-state index contributed by atoms with van der Waals surface area (Å²) in [6.07, 6.45) is 1.60. The van der Waals surface area contributed by atoms with Crippen molar-refractivity contribution in [3.05, 3.63) is 11.6 Å². The van der Waals surface area contributed by atoms with Crippen LogP contribution in [-0.2, 0) is 9.59 Å². The van der Waals surface area contributed by atoms with Crippen molar-refractivity contribution in [1.29, 1.82) is 5.26 Å². The lowest BCUT2D eigenvalue weighted by atomic mass is 9.87. The SMILES string of the molecule is C/C(=C\C(=O)N1CCN(C(=O)CC#N)CC1)C(C)(C)C. The normalized spacial score (nSPS) is 16.9. The fraction of sp³-hybridized carbons (Fsp3) is 0.667. The molecular formula is C15H23N3O2. The molecule has 0 aromatic rings. The Morgan fingerprint density at radius 1 is 1.15 bits per heavy atom. The Labute approximate surface area is 120 Å². The molecule has 0 N–H and O–H groups in total. The van der Waals surface area contributed by atoms with Gasteiger partial charge in [0, 0.05) is 32.3 Å². The molecular weight excluding hydrogens is 254 g/mol. The van der Waals surface area contributed by atoms with Crippen LogP contribution in [0.2, 0.25) is 0 Å². The summed E-state index contributed by atoms with van der Waals surface area (Å²) in [4.78, 5) is 27.1. The molecule has 0 spiro atoms. The summed E-state index contributed by atoms with van der Waals surface area (Å²) in [6, 6.07) is 1.86. The van der Waals surface area contributed by atoms with Crippen molar-refractivity contribution in [3.63, 3.8) is 0 Å². The Balaban J connectivity index is 2.56. The molecule has 110 valence electrons.